The van der Waals surface area contributed by atoms with E-state index in [0.717, 1.165) is 27.0 Å². The number of nitrogens with one attached hydrogen (secondary N) is 2. The minimum Gasteiger partial charge on any atom is -0.326 e. The van der Waals surface area contributed by atoms with E-state index < -0.39 is 0 Å². The molecule has 0 aliphatic rings. The lowest BCUT2D eigenvalue weighted by atomic mass is 9.92. The molecule has 3 aromatic rings. The summed E-state index contributed by atoms with van der Waals surface area (Å²) in [5.74, 6) is -0.0649. The van der Waals surface area contributed by atoms with Crippen LogP contribution in [0.25, 0.3) is 10.8 Å². The van der Waals surface area contributed by atoms with Gasteiger partial charge < -0.3 is 10.6 Å². The third kappa shape index (κ3) is 6.10. The number of thioether (sulfide) groups is 1. The predicted octanol–water partition coefficient (Wildman–Crippen LogP) is 6.33. The molecule has 3 aromatic carbocycles. The number of carbonyl (C=O) groups excluding carboxylic acids is 2. The molecule has 156 valence electrons. The van der Waals surface area contributed by atoms with Crippen molar-refractivity contribution in [2.24, 2.45) is 5.41 Å². The molecule has 3 rings (SSSR count). The number of benzene rings is 3. The van der Waals surface area contributed by atoms with Crippen LogP contribution in [0.2, 0.25) is 0 Å². The molecule has 30 heavy (non-hydrogen) atoms. The molecule has 0 saturated carbocycles. The van der Waals surface area contributed by atoms with Gasteiger partial charge in [-0.2, -0.15) is 0 Å². The van der Waals surface area contributed by atoms with Crippen molar-refractivity contribution in [3.8, 4) is 0 Å². The molecule has 0 radical (unpaired) electrons. The van der Waals surface area contributed by atoms with Crippen LogP contribution < -0.4 is 10.6 Å². The third-order valence-corrected chi connectivity index (χ3v) is 5.63. The molecule has 0 saturated heterocycles. The molecular formula is C25H28N2O2S. The largest absolute Gasteiger partial charge is 0.326 e. The van der Waals surface area contributed by atoms with Crippen LogP contribution in [-0.4, -0.2) is 17.1 Å². The first kappa shape index (κ1) is 21.9. The SMILES string of the molecule is CC(Sc1cccc(NC(=O)CC(C)(C)C)c1)C(=O)Nc1cccc2ccccc12. The number of hydrogen-bond acceptors (Lipinski definition) is 3. The maximum Gasteiger partial charge on any atom is 0.237 e. The second kappa shape index (κ2) is 9.35. The monoisotopic (exact) mass is 420 g/mol. The number of amides is 2. The van der Waals surface area contributed by atoms with Crippen LogP contribution in [0.4, 0.5) is 11.4 Å². The van der Waals surface area contributed by atoms with Crippen molar-refractivity contribution >= 4 is 45.7 Å². The zero-order valence-electron chi connectivity index (χ0n) is 17.9. The Morgan fingerprint density at radius 1 is 0.933 bits per heavy atom. The average molecular weight is 421 g/mol. The fraction of sp³-hybridized carbons (Fsp3) is 0.280. The van der Waals surface area contributed by atoms with Gasteiger partial charge >= 0.3 is 0 Å². The van der Waals surface area contributed by atoms with Crippen LogP contribution in [0.3, 0.4) is 0 Å². The van der Waals surface area contributed by atoms with E-state index in [1.165, 1.54) is 11.8 Å². The maximum atomic E-state index is 12.8. The van der Waals surface area contributed by atoms with Crippen LogP contribution >= 0.6 is 11.8 Å². The summed E-state index contributed by atoms with van der Waals surface area (Å²) in [6, 6.07) is 21.5. The average Bonchev–Trinajstić information content (AvgIpc) is 2.67. The van der Waals surface area contributed by atoms with E-state index in [2.05, 4.69) is 10.6 Å². The Bertz CT molecular complexity index is 1050. The van der Waals surface area contributed by atoms with Gasteiger partial charge in [-0.3, -0.25) is 9.59 Å². The molecule has 0 bridgehead atoms. The lowest BCUT2D eigenvalue weighted by Gasteiger charge is -2.17. The van der Waals surface area contributed by atoms with Crippen LogP contribution in [0.15, 0.2) is 71.6 Å². The van der Waals surface area contributed by atoms with Gasteiger partial charge in [-0.25, -0.2) is 0 Å². The predicted molar refractivity (Wildman–Crippen MR) is 127 cm³/mol. The summed E-state index contributed by atoms with van der Waals surface area (Å²) in [6.45, 7) is 8.00. The van der Waals surface area contributed by atoms with E-state index in [-0.39, 0.29) is 22.5 Å². The quantitative estimate of drug-likeness (QED) is 0.458. The van der Waals surface area contributed by atoms with Gasteiger partial charge in [0.1, 0.15) is 0 Å². The molecule has 0 aromatic heterocycles. The Kier molecular flexibility index (Phi) is 6.83. The maximum absolute atomic E-state index is 12.8. The van der Waals surface area contributed by atoms with E-state index in [0.29, 0.717) is 6.42 Å². The first-order chi connectivity index (χ1) is 14.2. The minimum atomic E-state index is -0.288. The van der Waals surface area contributed by atoms with E-state index in [1.54, 1.807) is 0 Å². The lowest BCUT2D eigenvalue weighted by Crippen LogP contribution is -2.22. The molecule has 4 nitrogen and oxygen atoms in total. The molecule has 0 heterocycles. The van der Waals surface area contributed by atoms with Crippen molar-refractivity contribution in [1.29, 1.82) is 0 Å². The summed E-state index contributed by atoms with van der Waals surface area (Å²) in [5.41, 5.74) is 1.50. The molecule has 2 amide bonds. The smallest absolute Gasteiger partial charge is 0.237 e. The van der Waals surface area contributed by atoms with Crippen molar-refractivity contribution in [2.45, 2.75) is 44.3 Å². The summed E-state index contributed by atoms with van der Waals surface area (Å²) in [4.78, 5) is 25.9. The Morgan fingerprint density at radius 2 is 1.63 bits per heavy atom. The molecule has 0 fully saturated rings. The van der Waals surface area contributed by atoms with Gasteiger partial charge in [0.05, 0.1) is 5.25 Å². The number of anilines is 2. The Hall–Kier alpha value is -2.79. The van der Waals surface area contributed by atoms with E-state index in [9.17, 15) is 9.59 Å². The Morgan fingerprint density at radius 3 is 2.40 bits per heavy atom. The van der Waals surface area contributed by atoms with Crippen molar-refractivity contribution < 1.29 is 9.59 Å². The van der Waals surface area contributed by atoms with Crippen molar-refractivity contribution in [1.82, 2.24) is 0 Å². The first-order valence-corrected chi connectivity index (χ1v) is 10.9. The van der Waals surface area contributed by atoms with Crippen molar-refractivity contribution in [3.63, 3.8) is 0 Å². The summed E-state index contributed by atoms with van der Waals surface area (Å²) < 4.78 is 0. The summed E-state index contributed by atoms with van der Waals surface area (Å²) in [5, 5.41) is 7.82. The summed E-state index contributed by atoms with van der Waals surface area (Å²) >= 11 is 1.47. The van der Waals surface area contributed by atoms with Gasteiger partial charge in [-0.05, 0) is 42.0 Å². The molecule has 2 N–H and O–H groups in total. The summed E-state index contributed by atoms with van der Waals surface area (Å²) in [7, 11) is 0. The van der Waals surface area contributed by atoms with Gasteiger partial charge in [0, 0.05) is 28.1 Å². The summed E-state index contributed by atoms with van der Waals surface area (Å²) in [6.07, 6.45) is 0.453. The zero-order valence-corrected chi connectivity index (χ0v) is 18.7. The highest BCUT2D eigenvalue weighted by Crippen LogP contribution is 2.29. The third-order valence-electron chi connectivity index (χ3n) is 4.54. The zero-order chi connectivity index (χ0) is 21.7. The molecule has 1 unspecified atom stereocenters. The minimum absolute atomic E-state index is 0.00797. The highest BCUT2D eigenvalue weighted by Gasteiger charge is 2.18. The Labute approximate surface area is 182 Å². The normalized spacial score (nSPS) is 12.4. The number of fused-ring (bicyclic) bond motifs is 1. The van der Waals surface area contributed by atoms with Crippen molar-refractivity contribution in [2.75, 3.05) is 10.6 Å². The van der Waals surface area contributed by atoms with Gasteiger partial charge in [-0.15, -0.1) is 11.8 Å². The van der Waals surface area contributed by atoms with Gasteiger partial charge in [0.15, 0.2) is 0 Å². The first-order valence-electron chi connectivity index (χ1n) is 10.1. The second-order valence-electron chi connectivity index (χ2n) is 8.59. The molecular weight excluding hydrogens is 392 g/mol. The van der Waals surface area contributed by atoms with Crippen LogP contribution in [0.1, 0.15) is 34.1 Å². The van der Waals surface area contributed by atoms with E-state index >= 15 is 0 Å². The van der Waals surface area contributed by atoms with Gasteiger partial charge in [0.2, 0.25) is 11.8 Å². The highest BCUT2D eigenvalue weighted by atomic mass is 32.2. The van der Waals surface area contributed by atoms with Crippen LogP contribution in [0.5, 0.6) is 0 Å². The van der Waals surface area contributed by atoms with Gasteiger partial charge in [0.25, 0.3) is 0 Å². The molecule has 1 atom stereocenters. The standard InChI is InChI=1S/C25H28N2O2S/c1-17(24(29)27-22-14-7-10-18-9-5-6-13-21(18)22)30-20-12-8-11-19(15-20)26-23(28)16-25(2,3)4/h5-15,17H,16H2,1-4H3,(H,26,28)(H,27,29). The fourth-order valence-corrected chi connectivity index (χ4v) is 4.09. The van der Waals surface area contributed by atoms with Crippen molar-refractivity contribution in [3.05, 3.63) is 66.7 Å². The van der Waals surface area contributed by atoms with E-state index in [1.807, 2.05) is 94.4 Å². The second-order valence-corrected chi connectivity index (χ2v) is 10.0. The molecule has 0 aliphatic heterocycles. The number of rotatable bonds is 6. The fourth-order valence-electron chi connectivity index (χ4n) is 3.16. The van der Waals surface area contributed by atoms with Crippen LogP contribution in [-0.2, 0) is 9.59 Å². The highest BCUT2D eigenvalue weighted by molar-refractivity contribution is 8.00. The molecule has 5 heteroatoms. The van der Waals surface area contributed by atoms with Crippen LogP contribution in [0, 0.1) is 5.41 Å². The molecule has 0 aliphatic carbocycles. The lowest BCUT2D eigenvalue weighted by molar-refractivity contribution is -0.118. The topological polar surface area (TPSA) is 58.2 Å². The number of carbonyl (C=O) groups is 2. The Balaban J connectivity index is 1.64. The van der Waals surface area contributed by atoms with E-state index in [4.69, 9.17) is 0 Å². The van der Waals surface area contributed by atoms with Gasteiger partial charge in [-0.1, -0.05) is 63.2 Å². The number of hydrogen-bond donors (Lipinski definition) is 2. The molecule has 0 spiro atoms.